The molecule has 2 aromatic rings. The van der Waals surface area contributed by atoms with Gasteiger partial charge in [-0.05, 0) is 77.4 Å². The maximum absolute atomic E-state index is 12.1. The van der Waals surface area contributed by atoms with Gasteiger partial charge in [0.05, 0.1) is 5.56 Å². The first kappa shape index (κ1) is 21.1. The summed E-state index contributed by atoms with van der Waals surface area (Å²) >= 11 is 14.4. The highest BCUT2D eigenvalue weighted by atomic mass is 79.9. The fraction of sp³-hybridized carbons (Fsp3) is 0.167. The first-order chi connectivity index (χ1) is 12.8. The number of halogens is 2. The fourth-order valence-electron chi connectivity index (χ4n) is 2.15. The number of carbonyl (C=O) groups excluding carboxylic acids is 2. The van der Waals surface area contributed by atoms with Crippen LogP contribution < -0.4 is 20.9 Å². The molecule has 6 nitrogen and oxygen atoms in total. The van der Waals surface area contributed by atoms with Gasteiger partial charge in [0.15, 0.2) is 11.7 Å². The van der Waals surface area contributed by atoms with Crippen LogP contribution in [0, 0.1) is 13.8 Å². The zero-order chi connectivity index (χ0) is 20.0. The van der Waals surface area contributed by atoms with E-state index in [2.05, 4.69) is 32.1 Å². The van der Waals surface area contributed by atoms with Crippen LogP contribution in [0.5, 0.6) is 5.75 Å². The predicted molar refractivity (Wildman–Crippen MR) is 112 cm³/mol. The van der Waals surface area contributed by atoms with E-state index in [4.69, 9.17) is 28.6 Å². The van der Waals surface area contributed by atoms with Gasteiger partial charge >= 0.3 is 0 Å². The number of ether oxygens (including phenoxy) is 1. The highest BCUT2D eigenvalue weighted by molar-refractivity contribution is 9.10. The lowest BCUT2D eigenvalue weighted by molar-refractivity contribution is -0.123. The van der Waals surface area contributed by atoms with Crippen LogP contribution in [-0.4, -0.2) is 23.5 Å². The van der Waals surface area contributed by atoms with Crippen molar-refractivity contribution in [3.05, 3.63) is 62.6 Å². The number of hydrogen-bond donors (Lipinski definition) is 3. The fourth-order valence-corrected chi connectivity index (χ4v) is 2.87. The molecule has 142 valence electrons. The smallest absolute Gasteiger partial charge is 0.276 e. The zero-order valence-corrected chi connectivity index (χ0v) is 17.7. The highest BCUT2D eigenvalue weighted by Gasteiger charge is 2.11. The van der Waals surface area contributed by atoms with Crippen molar-refractivity contribution in [3.8, 4) is 5.75 Å². The normalized spacial score (nSPS) is 10.1. The number of rotatable bonds is 4. The molecule has 0 atom stereocenters. The van der Waals surface area contributed by atoms with E-state index in [1.807, 2.05) is 13.8 Å². The van der Waals surface area contributed by atoms with Crippen LogP contribution in [0.25, 0.3) is 0 Å². The second-order valence-corrected chi connectivity index (χ2v) is 7.24. The average molecular weight is 471 g/mol. The molecule has 0 spiro atoms. The Hall–Kier alpha value is -2.16. The largest absolute Gasteiger partial charge is 0.484 e. The van der Waals surface area contributed by atoms with E-state index in [0.717, 1.165) is 11.1 Å². The maximum Gasteiger partial charge on any atom is 0.276 e. The Morgan fingerprint density at radius 1 is 1.15 bits per heavy atom. The Morgan fingerprint density at radius 3 is 2.41 bits per heavy atom. The number of aryl methyl sites for hydroxylation is 2. The molecule has 0 bridgehead atoms. The first-order valence-corrected chi connectivity index (χ1v) is 9.40. The van der Waals surface area contributed by atoms with Gasteiger partial charge in [0, 0.05) is 9.50 Å². The van der Waals surface area contributed by atoms with Gasteiger partial charge in [0.25, 0.3) is 11.8 Å². The zero-order valence-electron chi connectivity index (χ0n) is 14.6. The van der Waals surface area contributed by atoms with Gasteiger partial charge in [-0.15, -0.1) is 0 Å². The van der Waals surface area contributed by atoms with E-state index in [1.54, 1.807) is 36.4 Å². The number of amides is 2. The van der Waals surface area contributed by atoms with Gasteiger partial charge in [-0.25, -0.2) is 0 Å². The number of carbonyl (C=O) groups is 2. The van der Waals surface area contributed by atoms with Crippen LogP contribution in [0.2, 0.25) is 5.02 Å². The van der Waals surface area contributed by atoms with Crippen molar-refractivity contribution < 1.29 is 14.3 Å². The SMILES string of the molecule is Cc1cc(OCC(=O)NNC(=S)NC(=O)c2ccccc2Br)cc(C)c1Cl. The molecular weight excluding hydrogens is 454 g/mol. The average Bonchev–Trinajstić information content (AvgIpc) is 2.62. The summed E-state index contributed by atoms with van der Waals surface area (Å²) in [6, 6.07) is 10.4. The number of thiocarbonyl (C=S) groups is 1. The summed E-state index contributed by atoms with van der Waals surface area (Å²) < 4.78 is 6.07. The molecule has 0 aromatic heterocycles. The van der Waals surface area contributed by atoms with Crippen molar-refractivity contribution in [3.63, 3.8) is 0 Å². The molecule has 2 rings (SSSR count). The lowest BCUT2D eigenvalue weighted by Gasteiger charge is -2.12. The molecule has 27 heavy (non-hydrogen) atoms. The minimum Gasteiger partial charge on any atom is -0.484 e. The molecule has 2 amide bonds. The van der Waals surface area contributed by atoms with Crippen LogP contribution in [0.3, 0.4) is 0 Å². The van der Waals surface area contributed by atoms with Crippen LogP contribution in [0.15, 0.2) is 40.9 Å². The van der Waals surface area contributed by atoms with E-state index in [-0.39, 0.29) is 11.7 Å². The second-order valence-electron chi connectivity index (χ2n) is 5.60. The maximum atomic E-state index is 12.1. The standard InChI is InChI=1S/C18H17BrClN3O3S/c1-10-7-12(8-11(2)16(10)20)26-9-15(24)22-23-18(27)21-17(25)13-5-3-4-6-14(13)19/h3-8H,9H2,1-2H3,(H,22,24)(H2,21,23,25,27). The Bertz CT molecular complexity index is 869. The Labute approximate surface area is 175 Å². The third kappa shape index (κ3) is 6.20. The van der Waals surface area contributed by atoms with E-state index >= 15 is 0 Å². The van der Waals surface area contributed by atoms with Gasteiger partial charge in [-0.3, -0.25) is 25.8 Å². The highest BCUT2D eigenvalue weighted by Crippen LogP contribution is 2.25. The summed E-state index contributed by atoms with van der Waals surface area (Å²) in [5, 5.41) is 3.10. The molecule has 3 N–H and O–H groups in total. The van der Waals surface area contributed by atoms with Gasteiger partial charge < -0.3 is 4.74 Å². The lowest BCUT2D eigenvalue weighted by Crippen LogP contribution is -2.49. The molecule has 0 unspecified atom stereocenters. The Balaban J connectivity index is 1.79. The van der Waals surface area contributed by atoms with Gasteiger partial charge in [-0.2, -0.15) is 0 Å². The van der Waals surface area contributed by atoms with Crippen LogP contribution in [-0.2, 0) is 4.79 Å². The minimum absolute atomic E-state index is 0.0396. The summed E-state index contributed by atoms with van der Waals surface area (Å²) in [4.78, 5) is 24.0. The van der Waals surface area contributed by atoms with Crippen molar-refractivity contribution >= 4 is 56.7 Å². The monoisotopic (exact) mass is 469 g/mol. The van der Waals surface area contributed by atoms with Crippen molar-refractivity contribution in [1.82, 2.24) is 16.2 Å². The minimum atomic E-state index is -0.460. The van der Waals surface area contributed by atoms with E-state index < -0.39 is 11.8 Å². The third-order valence-electron chi connectivity index (χ3n) is 3.44. The number of hydrogen-bond acceptors (Lipinski definition) is 4. The molecule has 0 aliphatic heterocycles. The Kier molecular flexibility index (Phi) is 7.58. The van der Waals surface area contributed by atoms with Crippen molar-refractivity contribution in [2.24, 2.45) is 0 Å². The summed E-state index contributed by atoms with van der Waals surface area (Å²) in [6.07, 6.45) is 0. The Morgan fingerprint density at radius 2 is 1.78 bits per heavy atom. The molecule has 0 aliphatic carbocycles. The van der Waals surface area contributed by atoms with Crippen LogP contribution in [0.1, 0.15) is 21.5 Å². The molecule has 0 aliphatic rings. The van der Waals surface area contributed by atoms with Gasteiger partial charge in [-0.1, -0.05) is 23.7 Å². The number of hydrazine groups is 1. The van der Waals surface area contributed by atoms with Crippen molar-refractivity contribution in [2.75, 3.05) is 6.61 Å². The first-order valence-electron chi connectivity index (χ1n) is 7.82. The summed E-state index contributed by atoms with van der Waals surface area (Å²) in [5.41, 5.74) is 6.96. The summed E-state index contributed by atoms with van der Waals surface area (Å²) in [6.45, 7) is 3.49. The van der Waals surface area contributed by atoms with Gasteiger partial charge in [0.2, 0.25) is 0 Å². The van der Waals surface area contributed by atoms with Crippen molar-refractivity contribution in [1.29, 1.82) is 0 Å². The van der Waals surface area contributed by atoms with Crippen LogP contribution >= 0.6 is 39.7 Å². The molecule has 0 saturated heterocycles. The second kappa shape index (κ2) is 9.68. The molecule has 0 fully saturated rings. The quantitative estimate of drug-likeness (QED) is 0.471. The predicted octanol–water partition coefficient (Wildman–Crippen LogP) is 3.43. The van der Waals surface area contributed by atoms with E-state index in [0.29, 0.717) is 20.8 Å². The molecule has 2 aromatic carbocycles. The molecule has 0 heterocycles. The topological polar surface area (TPSA) is 79.5 Å². The lowest BCUT2D eigenvalue weighted by atomic mass is 10.1. The molecule has 9 heteroatoms. The number of nitrogens with one attached hydrogen (secondary N) is 3. The number of benzene rings is 2. The van der Waals surface area contributed by atoms with Crippen molar-refractivity contribution in [2.45, 2.75) is 13.8 Å². The van der Waals surface area contributed by atoms with E-state index in [9.17, 15) is 9.59 Å². The van der Waals surface area contributed by atoms with Crippen LogP contribution in [0.4, 0.5) is 0 Å². The molecule has 0 radical (unpaired) electrons. The molecular formula is C18H17BrClN3O3S. The van der Waals surface area contributed by atoms with Gasteiger partial charge in [0.1, 0.15) is 5.75 Å². The molecule has 0 saturated carbocycles. The summed E-state index contributed by atoms with van der Waals surface area (Å²) in [5.74, 6) is -0.329. The summed E-state index contributed by atoms with van der Waals surface area (Å²) in [7, 11) is 0. The van der Waals surface area contributed by atoms with E-state index in [1.165, 1.54) is 0 Å². The third-order valence-corrected chi connectivity index (χ3v) is 4.93.